The predicted molar refractivity (Wildman–Crippen MR) is 102 cm³/mol. The van der Waals surface area contributed by atoms with Gasteiger partial charge in [0.15, 0.2) is 13.2 Å². The second kappa shape index (κ2) is 9.77. The number of nitrogens with one attached hydrogen (secondary N) is 1. The van der Waals surface area contributed by atoms with Crippen molar-refractivity contribution in [2.24, 2.45) is 0 Å². The van der Waals surface area contributed by atoms with Crippen LogP contribution in [0.4, 0.5) is 13.2 Å². The fraction of sp³-hybridized carbons (Fsp3) is 0.333. The summed E-state index contributed by atoms with van der Waals surface area (Å²) in [6.07, 6.45) is -3.22. The van der Waals surface area contributed by atoms with E-state index in [4.69, 9.17) is 4.74 Å². The highest BCUT2D eigenvalue weighted by atomic mass is 127. The van der Waals surface area contributed by atoms with Gasteiger partial charge in [0.25, 0.3) is 5.91 Å². The summed E-state index contributed by atoms with van der Waals surface area (Å²) in [7, 11) is 0. The van der Waals surface area contributed by atoms with Crippen LogP contribution >= 0.6 is 22.6 Å². The van der Waals surface area contributed by atoms with Crippen molar-refractivity contribution in [3.05, 3.63) is 53.9 Å². The number of pyridine rings is 1. The van der Waals surface area contributed by atoms with Crippen LogP contribution in [0.5, 0.6) is 11.5 Å². The molecule has 0 saturated heterocycles. The number of carbonyl (C=O) groups excluding carboxylic acids is 1. The fourth-order valence-corrected chi connectivity index (χ4v) is 2.78. The zero-order valence-corrected chi connectivity index (χ0v) is 16.6. The number of para-hydroxylation sites is 1. The second-order valence-corrected chi connectivity index (χ2v) is 6.40. The molecule has 1 aromatic carbocycles. The van der Waals surface area contributed by atoms with Gasteiger partial charge in [-0.3, -0.25) is 9.78 Å². The molecule has 146 valence electrons. The zero-order valence-electron chi connectivity index (χ0n) is 14.4. The van der Waals surface area contributed by atoms with E-state index in [2.05, 4.69) is 37.6 Å². The summed E-state index contributed by atoms with van der Waals surface area (Å²) in [6.45, 7) is 0.191. The second-order valence-electron chi connectivity index (χ2n) is 5.64. The Morgan fingerprint density at radius 2 is 1.96 bits per heavy atom. The van der Waals surface area contributed by atoms with Crippen molar-refractivity contribution >= 4 is 28.5 Å². The maximum Gasteiger partial charge on any atom is 0.422 e. The van der Waals surface area contributed by atoms with Gasteiger partial charge < -0.3 is 14.8 Å². The third kappa shape index (κ3) is 7.24. The molecule has 0 bridgehead atoms. The van der Waals surface area contributed by atoms with E-state index in [1.807, 2.05) is 18.2 Å². The van der Waals surface area contributed by atoms with Crippen LogP contribution in [0.15, 0.2) is 42.6 Å². The molecule has 0 unspecified atom stereocenters. The van der Waals surface area contributed by atoms with Crippen molar-refractivity contribution in [2.75, 3.05) is 13.2 Å². The molecule has 27 heavy (non-hydrogen) atoms. The van der Waals surface area contributed by atoms with E-state index >= 15 is 0 Å². The Balaban J connectivity index is 1.85. The lowest BCUT2D eigenvalue weighted by Crippen LogP contribution is -2.31. The molecule has 2 aromatic rings. The Morgan fingerprint density at radius 1 is 1.22 bits per heavy atom. The number of hydrogen-bond donors (Lipinski definition) is 1. The molecule has 5 nitrogen and oxygen atoms in total. The van der Waals surface area contributed by atoms with Crippen molar-refractivity contribution in [1.29, 1.82) is 0 Å². The van der Waals surface area contributed by atoms with Crippen molar-refractivity contribution in [1.82, 2.24) is 10.3 Å². The van der Waals surface area contributed by atoms with Gasteiger partial charge in [-0.25, -0.2) is 0 Å². The van der Waals surface area contributed by atoms with Crippen molar-refractivity contribution in [2.45, 2.75) is 23.6 Å². The van der Waals surface area contributed by atoms with Gasteiger partial charge in [-0.2, -0.15) is 13.2 Å². The van der Waals surface area contributed by atoms with Gasteiger partial charge in [0.05, 0.1) is 17.9 Å². The molecular formula is C18H18F3IN2O3. The summed E-state index contributed by atoms with van der Waals surface area (Å²) >= 11 is 2.21. The molecule has 0 spiro atoms. The van der Waals surface area contributed by atoms with E-state index in [1.54, 1.807) is 13.0 Å². The molecule has 0 aliphatic heterocycles. The first-order valence-electron chi connectivity index (χ1n) is 8.00. The van der Waals surface area contributed by atoms with E-state index in [0.717, 1.165) is 9.99 Å². The number of carbonyl (C=O) groups is 1. The Labute approximate surface area is 168 Å². The largest absolute Gasteiger partial charge is 0.483 e. The summed E-state index contributed by atoms with van der Waals surface area (Å²) in [5.41, 5.74) is 1.49. The molecule has 2 rings (SSSR count). The lowest BCUT2D eigenvalue weighted by molar-refractivity contribution is -0.153. The molecule has 1 aromatic heterocycles. The SMILES string of the molecule is C[C@@H](NC(=O)COc1ccccc1CI)c1ccc(OCC(F)(F)F)cn1. The lowest BCUT2D eigenvalue weighted by atomic mass is 10.2. The van der Waals surface area contributed by atoms with Crippen LogP contribution in [0.25, 0.3) is 0 Å². The quantitative estimate of drug-likeness (QED) is 0.442. The van der Waals surface area contributed by atoms with Gasteiger partial charge in [-0.1, -0.05) is 40.8 Å². The fourth-order valence-electron chi connectivity index (χ4n) is 2.15. The first kappa shape index (κ1) is 21.3. The summed E-state index contributed by atoms with van der Waals surface area (Å²) in [5, 5.41) is 2.73. The Bertz CT molecular complexity index is 754. The van der Waals surface area contributed by atoms with Gasteiger partial charge in [-0.05, 0) is 25.1 Å². The average molecular weight is 494 g/mol. The lowest BCUT2D eigenvalue weighted by Gasteiger charge is -2.15. The topological polar surface area (TPSA) is 60.5 Å². The molecule has 0 aliphatic rings. The first-order valence-corrected chi connectivity index (χ1v) is 9.52. The number of rotatable bonds is 8. The van der Waals surface area contributed by atoms with E-state index in [9.17, 15) is 18.0 Å². The monoisotopic (exact) mass is 494 g/mol. The third-order valence-electron chi connectivity index (χ3n) is 3.46. The number of alkyl halides is 4. The van der Waals surface area contributed by atoms with Crippen LogP contribution < -0.4 is 14.8 Å². The highest BCUT2D eigenvalue weighted by Gasteiger charge is 2.28. The number of halogens is 4. The van der Waals surface area contributed by atoms with Crippen LogP contribution in [0.3, 0.4) is 0 Å². The number of amides is 1. The van der Waals surface area contributed by atoms with E-state index < -0.39 is 18.8 Å². The number of nitrogens with zero attached hydrogens (tertiary/aromatic N) is 1. The maximum atomic E-state index is 12.1. The molecule has 0 radical (unpaired) electrons. The highest BCUT2D eigenvalue weighted by molar-refractivity contribution is 14.1. The molecule has 1 N–H and O–H groups in total. The van der Waals surface area contributed by atoms with Crippen LogP contribution in [-0.2, 0) is 9.22 Å². The maximum absolute atomic E-state index is 12.1. The van der Waals surface area contributed by atoms with Crippen molar-refractivity contribution < 1.29 is 27.4 Å². The minimum atomic E-state index is -4.41. The van der Waals surface area contributed by atoms with Gasteiger partial charge in [0.2, 0.25) is 0 Å². The van der Waals surface area contributed by atoms with Crippen LogP contribution in [0, 0.1) is 0 Å². The molecule has 1 heterocycles. The smallest absolute Gasteiger partial charge is 0.422 e. The minimum Gasteiger partial charge on any atom is -0.483 e. The van der Waals surface area contributed by atoms with E-state index in [-0.39, 0.29) is 18.3 Å². The normalized spacial score (nSPS) is 12.3. The van der Waals surface area contributed by atoms with Crippen LogP contribution in [-0.4, -0.2) is 30.3 Å². The number of ether oxygens (including phenoxy) is 2. The van der Waals surface area contributed by atoms with Crippen LogP contribution in [0.1, 0.15) is 24.2 Å². The number of aromatic nitrogens is 1. The molecule has 0 saturated carbocycles. The standard InChI is InChI=1S/C18H18F3IN2O3/c1-12(15-7-6-14(9-23-15)27-11-18(19,20)21)24-17(25)10-26-16-5-3-2-4-13(16)8-22/h2-7,9,12H,8,10-11H2,1H3,(H,24,25)/t12-/m1/s1. The van der Waals surface area contributed by atoms with Crippen molar-refractivity contribution in [3.63, 3.8) is 0 Å². The zero-order chi connectivity index (χ0) is 19.9. The van der Waals surface area contributed by atoms with Gasteiger partial charge in [0, 0.05) is 9.99 Å². The number of benzene rings is 1. The summed E-state index contributed by atoms with van der Waals surface area (Å²) < 4.78 is 47.3. The third-order valence-corrected chi connectivity index (χ3v) is 4.28. The molecule has 0 aliphatic carbocycles. The van der Waals surface area contributed by atoms with Crippen molar-refractivity contribution in [3.8, 4) is 11.5 Å². The summed E-state index contributed by atoms with van der Waals surface area (Å²) in [6, 6.07) is 9.90. The molecule has 9 heteroatoms. The van der Waals surface area contributed by atoms with Crippen LogP contribution in [0.2, 0.25) is 0 Å². The van der Waals surface area contributed by atoms with Gasteiger partial charge >= 0.3 is 6.18 Å². The first-order chi connectivity index (χ1) is 12.8. The molecule has 1 amide bonds. The van der Waals surface area contributed by atoms with Gasteiger partial charge in [0.1, 0.15) is 11.5 Å². The highest BCUT2D eigenvalue weighted by Crippen LogP contribution is 2.21. The van der Waals surface area contributed by atoms with E-state index in [0.29, 0.717) is 11.4 Å². The Morgan fingerprint density at radius 3 is 2.59 bits per heavy atom. The Hall–Kier alpha value is -2.04. The van der Waals surface area contributed by atoms with E-state index in [1.165, 1.54) is 18.3 Å². The average Bonchev–Trinajstić information content (AvgIpc) is 2.64. The van der Waals surface area contributed by atoms with Gasteiger partial charge in [-0.15, -0.1) is 0 Å². The molecule has 1 atom stereocenters. The minimum absolute atomic E-state index is 0.00772. The predicted octanol–water partition coefficient (Wildman–Crippen LogP) is 4.21. The molecular weight excluding hydrogens is 476 g/mol. The Kier molecular flexibility index (Phi) is 7.69. The molecule has 0 fully saturated rings. The summed E-state index contributed by atoms with van der Waals surface area (Å²) in [4.78, 5) is 16.1. The number of hydrogen-bond acceptors (Lipinski definition) is 4. The summed E-state index contributed by atoms with van der Waals surface area (Å²) in [5.74, 6) is 0.331.